The van der Waals surface area contributed by atoms with E-state index >= 15 is 0 Å². The Morgan fingerprint density at radius 1 is 1.00 bits per heavy atom. The molecule has 2 rings (SSSR count). The minimum absolute atomic E-state index is 0.0396. The Hall–Kier alpha value is -1.65. The first-order valence-corrected chi connectivity index (χ1v) is 5.89. The highest BCUT2D eigenvalue weighted by atomic mass is 32.2. The molecule has 1 atom stereocenters. The molecule has 82 valence electrons. The van der Waals surface area contributed by atoms with Crippen LogP contribution >= 0.6 is 0 Å². The van der Waals surface area contributed by atoms with Crippen molar-refractivity contribution in [3.05, 3.63) is 48.5 Å². The summed E-state index contributed by atoms with van der Waals surface area (Å²) >= 11 is -1.44. The van der Waals surface area contributed by atoms with E-state index in [-0.39, 0.29) is 10.6 Å². The van der Waals surface area contributed by atoms with Crippen LogP contribution in [-0.2, 0) is 11.2 Å². The highest BCUT2D eigenvalue weighted by molar-refractivity contribution is 7.91. The molecular weight excluding hydrogens is 222 g/mol. The van der Waals surface area contributed by atoms with Gasteiger partial charge in [-0.25, -0.2) is 0 Å². The predicted octanol–water partition coefficient (Wildman–Crippen LogP) is 2.14. The molecule has 0 saturated carbocycles. The monoisotopic (exact) mass is 233 g/mol. The van der Waals surface area contributed by atoms with Gasteiger partial charge >= 0.3 is 0 Å². The molecule has 0 radical (unpaired) electrons. The maximum Gasteiger partial charge on any atom is 0.222 e. The highest BCUT2D eigenvalue weighted by Gasteiger charge is 2.21. The minimum atomic E-state index is -1.44. The second kappa shape index (κ2) is 4.47. The molecule has 4 heteroatoms. The largest absolute Gasteiger partial charge is 0.606 e. The molecule has 16 heavy (non-hydrogen) atoms. The van der Waals surface area contributed by atoms with Crippen LogP contribution in [0.15, 0.2) is 58.3 Å². The summed E-state index contributed by atoms with van der Waals surface area (Å²) in [5, 5.41) is 9.65. The van der Waals surface area contributed by atoms with Gasteiger partial charge in [0.15, 0.2) is 10.6 Å². The summed E-state index contributed by atoms with van der Waals surface area (Å²) in [7, 11) is 0. The predicted molar refractivity (Wildman–Crippen MR) is 63.6 cm³/mol. The number of hydrogen-bond donors (Lipinski definition) is 2. The van der Waals surface area contributed by atoms with Crippen LogP contribution in [0.3, 0.4) is 0 Å². The van der Waals surface area contributed by atoms with Crippen molar-refractivity contribution in [3.63, 3.8) is 0 Å². The van der Waals surface area contributed by atoms with Crippen molar-refractivity contribution in [1.29, 1.82) is 0 Å². The molecule has 0 saturated heterocycles. The van der Waals surface area contributed by atoms with Crippen LogP contribution in [0.2, 0.25) is 0 Å². The van der Waals surface area contributed by atoms with E-state index in [0.717, 1.165) is 0 Å². The second-order valence-electron chi connectivity index (χ2n) is 3.28. The van der Waals surface area contributed by atoms with Crippen LogP contribution in [-0.4, -0.2) is 9.66 Å². The maximum absolute atomic E-state index is 12.2. The topological polar surface area (TPSA) is 69.3 Å². The summed E-state index contributed by atoms with van der Waals surface area (Å²) in [5.74, 6) is -0.0396. The first kappa shape index (κ1) is 10.9. The van der Waals surface area contributed by atoms with Gasteiger partial charge in [0, 0.05) is 11.2 Å². The third-order valence-corrected chi connectivity index (χ3v) is 3.68. The van der Waals surface area contributed by atoms with Gasteiger partial charge in [-0.3, -0.25) is 0 Å². The van der Waals surface area contributed by atoms with E-state index < -0.39 is 11.2 Å². The smallest absolute Gasteiger partial charge is 0.222 e. The number of phenolic OH excluding ortho intramolecular Hbond substituents is 1. The van der Waals surface area contributed by atoms with Crippen molar-refractivity contribution in [2.45, 2.75) is 9.79 Å². The van der Waals surface area contributed by atoms with Crippen LogP contribution in [0.25, 0.3) is 0 Å². The number of nitrogen functional groups attached to an aromatic ring is 1. The molecule has 0 spiro atoms. The zero-order valence-electron chi connectivity index (χ0n) is 8.46. The molecule has 0 fully saturated rings. The van der Waals surface area contributed by atoms with E-state index in [2.05, 4.69) is 0 Å². The SMILES string of the molecule is Nc1cccc(O)c1[S+]([O-])c1ccccc1. The van der Waals surface area contributed by atoms with Crippen LogP contribution in [0.5, 0.6) is 5.75 Å². The van der Waals surface area contributed by atoms with E-state index in [9.17, 15) is 9.66 Å². The molecule has 0 bridgehead atoms. The lowest BCUT2D eigenvalue weighted by atomic mass is 10.3. The highest BCUT2D eigenvalue weighted by Crippen LogP contribution is 2.32. The number of nitrogens with two attached hydrogens (primary N) is 1. The summed E-state index contributed by atoms with van der Waals surface area (Å²) in [6, 6.07) is 13.6. The van der Waals surface area contributed by atoms with Gasteiger partial charge in [0.2, 0.25) is 4.90 Å². The zero-order valence-corrected chi connectivity index (χ0v) is 9.28. The fourth-order valence-corrected chi connectivity index (χ4v) is 2.59. The van der Waals surface area contributed by atoms with Crippen LogP contribution in [0.1, 0.15) is 0 Å². The average molecular weight is 233 g/mol. The minimum Gasteiger partial charge on any atom is -0.606 e. The number of phenols is 1. The molecule has 0 amide bonds. The lowest BCUT2D eigenvalue weighted by Gasteiger charge is -2.12. The van der Waals surface area contributed by atoms with Crippen molar-refractivity contribution in [3.8, 4) is 5.75 Å². The van der Waals surface area contributed by atoms with E-state index in [1.54, 1.807) is 36.4 Å². The summed E-state index contributed by atoms with van der Waals surface area (Å²) in [5.41, 5.74) is 6.04. The fourth-order valence-electron chi connectivity index (χ4n) is 1.41. The van der Waals surface area contributed by atoms with Gasteiger partial charge in [-0.1, -0.05) is 24.3 Å². The van der Waals surface area contributed by atoms with E-state index in [4.69, 9.17) is 5.73 Å². The lowest BCUT2D eigenvalue weighted by molar-refractivity contribution is 0.459. The lowest BCUT2D eigenvalue weighted by Crippen LogP contribution is -2.05. The van der Waals surface area contributed by atoms with Gasteiger partial charge in [-0.2, -0.15) is 0 Å². The molecule has 0 aliphatic carbocycles. The van der Waals surface area contributed by atoms with Crippen molar-refractivity contribution < 1.29 is 9.66 Å². The Morgan fingerprint density at radius 2 is 1.69 bits per heavy atom. The Balaban J connectivity index is 2.46. The van der Waals surface area contributed by atoms with Crippen LogP contribution < -0.4 is 5.73 Å². The van der Waals surface area contributed by atoms with Gasteiger partial charge < -0.3 is 15.4 Å². The van der Waals surface area contributed by atoms with Crippen LogP contribution in [0, 0.1) is 0 Å². The van der Waals surface area contributed by atoms with Gasteiger partial charge in [-0.15, -0.1) is 0 Å². The maximum atomic E-state index is 12.2. The van der Waals surface area contributed by atoms with E-state index in [0.29, 0.717) is 10.6 Å². The Labute approximate surface area is 96.7 Å². The summed E-state index contributed by atoms with van der Waals surface area (Å²) in [4.78, 5) is 0.893. The molecule has 0 aliphatic rings. The number of aromatic hydroxyl groups is 1. The van der Waals surface area contributed by atoms with Gasteiger partial charge in [-0.05, 0) is 24.3 Å². The molecule has 0 aliphatic heterocycles. The normalized spacial score (nSPS) is 12.3. The molecule has 3 nitrogen and oxygen atoms in total. The number of benzene rings is 2. The van der Waals surface area contributed by atoms with Crippen molar-refractivity contribution in [1.82, 2.24) is 0 Å². The molecular formula is C12H11NO2S. The molecule has 2 aromatic carbocycles. The Morgan fingerprint density at radius 3 is 2.31 bits per heavy atom. The fraction of sp³-hybridized carbons (Fsp3) is 0. The third kappa shape index (κ3) is 1.98. The summed E-state index contributed by atoms with van der Waals surface area (Å²) in [6.07, 6.45) is 0. The van der Waals surface area contributed by atoms with E-state index in [1.807, 2.05) is 6.07 Å². The summed E-state index contributed by atoms with van der Waals surface area (Å²) in [6.45, 7) is 0. The quantitative estimate of drug-likeness (QED) is 0.616. The first-order chi connectivity index (χ1) is 7.70. The van der Waals surface area contributed by atoms with Gasteiger partial charge in [0.25, 0.3) is 0 Å². The van der Waals surface area contributed by atoms with Gasteiger partial charge in [0.1, 0.15) is 0 Å². The number of anilines is 1. The molecule has 1 unspecified atom stereocenters. The summed E-state index contributed by atoms with van der Waals surface area (Å²) < 4.78 is 12.2. The molecule has 0 aromatic heterocycles. The zero-order chi connectivity index (χ0) is 11.5. The molecule has 3 N–H and O–H groups in total. The standard InChI is InChI=1S/C12H11NO2S/c13-10-7-4-8-11(14)12(10)16(15)9-5-2-1-3-6-9/h1-8,14H,13H2. The van der Waals surface area contributed by atoms with Crippen molar-refractivity contribution >= 4 is 16.9 Å². The van der Waals surface area contributed by atoms with E-state index in [1.165, 1.54) is 6.07 Å². The van der Waals surface area contributed by atoms with Crippen molar-refractivity contribution in [2.75, 3.05) is 5.73 Å². The first-order valence-electron chi connectivity index (χ1n) is 4.74. The van der Waals surface area contributed by atoms with Crippen LogP contribution in [0.4, 0.5) is 5.69 Å². The molecule has 0 heterocycles. The Kier molecular flexibility index (Phi) is 3.03. The Bertz CT molecular complexity index is 467. The number of hydrogen-bond acceptors (Lipinski definition) is 3. The third-order valence-electron chi connectivity index (χ3n) is 2.17. The van der Waals surface area contributed by atoms with Gasteiger partial charge in [0.05, 0.1) is 5.69 Å². The number of rotatable bonds is 2. The molecule has 2 aromatic rings. The average Bonchev–Trinajstić information content (AvgIpc) is 2.30. The second-order valence-corrected chi connectivity index (χ2v) is 4.69. The van der Waals surface area contributed by atoms with Crippen molar-refractivity contribution in [2.24, 2.45) is 0 Å².